The zero-order valence-electron chi connectivity index (χ0n) is 15.4. The van der Waals surface area contributed by atoms with Crippen molar-refractivity contribution in [3.63, 3.8) is 0 Å². The molecule has 0 aliphatic carbocycles. The largest absolute Gasteiger partial charge is 0.497 e. The summed E-state index contributed by atoms with van der Waals surface area (Å²) in [6.45, 7) is 0.355. The maximum Gasteiger partial charge on any atom is 0.316 e. The standard InChI is InChI=1S/C19H22N4O4S/c1-27-16-8-6-14(7-9-16)22-18(25)12-28-11-17(24)21-10-13-2-4-15(5-3-13)23-19(20)26/h2-9H,10-12H2,1H3,(H,21,24)(H,22,25)(H3,20,23,26). The van der Waals surface area contributed by atoms with Crippen LogP contribution in [-0.4, -0.2) is 36.5 Å². The number of hydrogen-bond donors (Lipinski definition) is 4. The quantitative estimate of drug-likeness (QED) is 0.512. The van der Waals surface area contributed by atoms with Gasteiger partial charge in [-0.1, -0.05) is 12.1 Å². The van der Waals surface area contributed by atoms with Crippen LogP contribution in [0.4, 0.5) is 16.2 Å². The van der Waals surface area contributed by atoms with Crippen molar-refractivity contribution >= 4 is 41.0 Å². The lowest BCUT2D eigenvalue weighted by Crippen LogP contribution is -2.25. The Bertz CT molecular complexity index is 810. The lowest BCUT2D eigenvalue weighted by Gasteiger charge is -2.08. The van der Waals surface area contributed by atoms with Gasteiger partial charge in [0.15, 0.2) is 0 Å². The Morgan fingerprint density at radius 1 is 0.893 bits per heavy atom. The lowest BCUT2D eigenvalue weighted by molar-refractivity contribution is -0.118. The zero-order chi connectivity index (χ0) is 20.4. The normalized spacial score (nSPS) is 10.0. The number of ether oxygens (including phenoxy) is 1. The molecular weight excluding hydrogens is 380 g/mol. The Kier molecular flexibility index (Phi) is 8.16. The van der Waals surface area contributed by atoms with E-state index in [1.807, 2.05) is 0 Å². The lowest BCUT2D eigenvalue weighted by atomic mass is 10.2. The molecule has 0 aliphatic heterocycles. The van der Waals surface area contributed by atoms with E-state index < -0.39 is 6.03 Å². The number of primary amides is 1. The number of hydrogen-bond acceptors (Lipinski definition) is 5. The van der Waals surface area contributed by atoms with Gasteiger partial charge in [-0.25, -0.2) is 4.79 Å². The van der Waals surface area contributed by atoms with Crippen LogP contribution in [0.2, 0.25) is 0 Å². The number of urea groups is 1. The van der Waals surface area contributed by atoms with Gasteiger partial charge in [0, 0.05) is 17.9 Å². The molecule has 2 rings (SSSR count). The third-order valence-corrected chi connectivity index (χ3v) is 4.48. The second-order valence-electron chi connectivity index (χ2n) is 5.73. The van der Waals surface area contributed by atoms with Crippen LogP contribution in [0.15, 0.2) is 48.5 Å². The van der Waals surface area contributed by atoms with E-state index in [0.717, 1.165) is 5.56 Å². The van der Waals surface area contributed by atoms with Crippen molar-refractivity contribution in [2.24, 2.45) is 5.73 Å². The summed E-state index contributed by atoms with van der Waals surface area (Å²) in [5, 5.41) is 8.00. The molecule has 9 heteroatoms. The summed E-state index contributed by atoms with van der Waals surface area (Å²) in [5.74, 6) is 0.717. The van der Waals surface area contributed by atoms with Crippen LogP contribution in [0.5, 0.6) is 5.75 Å². The summed E-state index contributed by atoms with van der Waals surface area (Å²) in [7, 11) is 1.57. The highest BCUT2D eigenvalue weighted by molar-refractivity contribution is 8.00. The Morgan fingerprint density at radius 2 is 1.46 bits per heavy atom. The van der Waals surface area contributed by atoms with E-state index in [-0.39, 0.29) is 23.3 Å². The molecule has 0 atom stereocenters. The second kappa shape index (κ2) is 10.8. The number of benzene rings is 2. The molecule has 0 saturated carbocycles. The van der Waals surface area contributed by atoms with E-state index in [2.05, 4.69) is 16.0 Å². The number of carbonyl (C=O) groups is 3. The first-order chi connectivity index (χ1) is 13.5. The van der Waals surface area contributed by atoms with E-state index >= 15 is 0 Å². The summed E-state index contributed by atoms with van der Waals surface area (Å²) in [6, 6.07) is 13.3. The summed E-state index contributed by atoms with van der Waals surface area (Å²) in [6.07, 6.45) is 0. The van der Waals surface area contributed by atoms with E-state index in [1.54, 1.807) is 55.6 Å². The number of anilines is 2. The van der Waals surface area contributed by atoms with Gasteiger partial charge in [0.05, 0.1) is 18.6 Å². The van der Waals surface area contributed by atoms with Gasteiger partial charge in [-0.15, -0.1) is 11.8 Å². The van der Waals surface area contributed by atoms with Crippen LogP contribution in [-0.2, 0) is 16.1 Å². The van der Waals surface area contributed by atoms with E-state index in [9.17, 15) is 14.4 Å². The van der Waals surface area contributed by atoms with Crippen molar-refractivity contribution in [2.45, 2.75) is 6.54 Å². The maximum atomic E-state index is 11.9. The molecule has 8 nitrogen and oxygen atoms in total. The minimum Gasteiger partial charge on any atom is -0.497 e. The molecule has 0 heterocycles. The van der Waals surface area contributed by atoms with Crippen molar-refractivity contribution in [3.8, 4) is 5.75 Å². The van der Waals surface area contributed by atoms with Gasteiger partial charge in [0.2, 0.25) is 11.8 Å². The van der Waals surface area contributed by atoms with Gasteiger partial charge in [-0.3, -0.25) is 9.59 Å². The first-order valence-electron chi connectivity index (χ1n) is 8.40. The van der Waals surface area contributed by atoms with Crippen molar-refractivity contribution in [1.29, 1.82) is 0 Å². The molecule has 0 spiro atoms. The molecule has 4 amide bonds. The number of methoxy groups -OCH3 is 1. The molecule has 0 unspecified atom stereocenters. The molecule has 2 aromatic carbocycles. The number of nitrogens with two attached hydrogens (primary N) is 1. The first-order valence-corrected chi connectivity index (χ1v) is 9.55. The fraction of sp³-hybridized carbons (Fsp3) is 0.211. The number of rotatable bonds is 9. The highest BCUT2D eigenvalue weighted by atomic mass is 32.2. The Hall–Kier alpha value is -3.20. The third-order valence-electron chi connectivity index (χ3n) is 3.55. The second-order valence-corrected chi connectivity index (χ2v) is 6.72. The van der Waals surface area contributed by atoms with Crippen LogP contribution in [0.1, 0.15) is 5.56 Å². The molecule has 0 bridgehead atoms. The number of nitrogens with one attached hydrogen (secondary N) is 3. The molecule has 148 valence electrons. The zero-order valence-corrected chi connectivity index (χ0v) is 16.2. The van der Waals surface area contributed by atoms with E-state index in [1.165, 1.54) is 11.8 Å². The molecule has 0 saturated heterocycles. The Balaban J connectivity index is 1.65. The Labute approximate surface area is 167 Å². The van der Waals surface area contributed by atoms with Gasteiger partial charge < -0.3 is 26.4 Å². The average Bonchev–Trinajstić information content (AvgIpc) is 2.67. The van der Waals surface area contributed by atoms with E-state index in [4.69, 9.17) is 10.5 Å². The fourth-order valence-corrected chi connectivity index (χ4v) is 2.85. The monoisotopic (exact) mass is 402 g/mol. The van der Waals surface area contributed by atoms with Crippen LogP contribution in [0.3, 0.4) is 0 Å². The van der Waals surface area contributed by atoms with Gasteiger partial charge in [0.25, 0.3) is 0 Å². The topological polar surface area (TPSA) is 123 Å². The van der Waals surface area contributed by atoms with Crippen molar-refractivity contribution in [3.05, 3.63) is 54.1 Å². The van der Waals surface area contributed by atoms with Crippen LogP contribution < -0.4 is 26.4 Å². The van der Waals surface area contributed by atoms with Gasteiger partial charge in [0.1, 0.15) is 5.75 Å². The average molecular weight is 402 g/mol. The highest BCUT2D eigenvalue weighted by Crippen LogP contribution is 2.15. The molecule has 28 heavy (non-hydrogen) atoms. The van der Waals surface area contributed by atoms with Crippen molar-refractivity contribution < 1.29 is 19.1 Å². The molecule has 0 aliphatic rings. The van der Waals surface area contributed by atoms with Gasteiger partial charge in [-0.2, -0.15) is 0 Å². The fourth-order valence-electron chi connectivity index (χ4n) is 2.21. The minimum atomic E-state index is -0.630. The summed E-state index contributed by atoms with van der Waals surface area (Å²) in [4.78, 5) is 34.6. The predicted octanol–water partition coefficient (Wildman–Crippen LogP) is 2.17. The molecular formula is C19H22N4O4S. The minimum absolute atomic E-state index is 0.165. The van der Waals surface area contributed by atoms with Gasteiger partial charge in [-0.05, 0) is 42.0 Å². The molecule has 0 radical (unpaired) electrons. The summed E-state index contributed by atoms with van der Waals surface area (Å²) in [5.41, 5.74) is 7.18. The molecule has 0 fully saturated rings. The number of thioether (sulfide) groups is 1. The predicted molar refractivity (Wildman–Crippen MR) is 110 cm³/mol. The van der Waals surface area contributed by atoms with Crippen LogP contribution in [0, 0.1) is 0 Å². The maximum absolute atomic E-state index is 11.9. The van der Waals surface area contributed by atoms with Crippen molar-refractivity contribution in [2.75, 3.05) is 29.2 Å². The Morgan fingerprint density at radius 3 is 2.07 bits per heavy atom. The number of carbonyl (C=O) groups excluding carboxylic acids is 3. The molecule has 2 aromatic rings. The highest BCUT2D eigenvalue weighted by Gasteiger charge is 2.07. The van der Waals surface area contributed by atoms with E-state index in [0.29, 0.717) is 23.7 Å². The van der Waals surface area contributed by atoms with Gasteiger partial charge >= 0.3 is 6.03 Å². The SMILES string of the molecule is COc1ccc(NC(=O)CSCC(=O)NCc2ccc(NC(N)=O)cc2)cc1. The molecule has 0 aromatic heterocycles. The summed E-state index contributed by atoms with van der Waals surface area (Å²) < 4.78 is 5.06. The van der Waals surface area contributed by atoms with Crippen LogP contribution in [0.25, 0.3) is 0 Å². The first kappa shape index (κ1) is 21.1. The summed E-state index contributed by atoms with van der Waals surface area (Å²) >= 11 is 1.23. The van der Waals surface area contributed by atoms with Crippen LogP contribution >= 0.6 is 11.8 Å². The smallest absolute Gasteiger partial charge is 0.316 e. The van der Waals surface area contributed by atoms with Crippen molar-refractivity contribution in [1.82, 2.24) is 5.32 Å². The molecule has 5 N–H and O–H groups in total. The third kappa shape index (κ3) is 7.58. The number of amides is 4.